The second-order valence-electron chi connectivity index (χ2n) is 5.42. The summed E-state index contributed by atoms with van der Waals surface area (Å²) in [6, 6.07) is 11.4. The lowest BCUT2D eigenvalue weighted by molar-refractivity contribution is -0.115. The summed E-state index contributed by atoms with van der Waals surface area (Å²) in [7, 11) is 0. The van der Waals surface area contributed by atoms with E-state index in [0.717, 1.165) is 16.1 Å². The lowest BCUT2D eigenvalue weighted by atomic mass is 10.1. The normalized spacial score (nSPS) is 13.3. The first kappa shape index (κ1) is 19.9. The van der Waals surface area contributed by atoms with Crippen molar-refractivity contribution in [1.82, 2.24) is 10.0 Å². The Balaban J connectivity index is 0.00000117. The Hall–Kier alpha value is -2.38. The minimum atomic E-state index is -0.989. The van der Waals surface area contributed by atoms with E-state index in [1.54, 1.807) is 6.07 Å². The average Bonchev–Trinajstić information content (AvgIpc) is 2.67. The van der Waals surface area contributed by atoms with Crippen molar-refractivity contribution in [1.29, 1.82) is 0 Å². The number of amidine groups is 1. The molecule has 0 saturated heterocycles. The molecular weight excluding hydrogens is 353 g/mol. The number of aryl methyl sites for hydroxylation is 1. The standard InChI is InChI=1S/C17H16FN3O2S.C2H6/c1-10-5-6-13-15(7-10)24-21-16(20-13)17(23)19-9-14(22)11-3-2-4-12(18)8-11;1-2/h2-8,14,22H,9H2,1H3,(H,19,23)(H,20,21);1-2H3. The molecule has 2 aromatic rings. The molecule has 26 heavy (non-hydrogen) atoms. The zero-order chi connectivity index (χ0) is 19.1. The van der Waals surface area contributed by atoms with E-state index in [1.807, 2.05) is 39.0 Å². The highest BCUT2D eigenvalue weighted by atomic mass is 32.2. The minimum absolute atomic E-state index is 0.0333. The second-order valence-corrected chi connectivity index (χ2v) is 6.26. The Morgan fingerprint density at radius 3 is 2.81 bits per heavy atom. The summed E-state index contributed by atoms with van der Waals surface area (Å²) in [5, 5.41) is 12.6. The van der Waals surface area contributed by atoms with E-state index in [1.165, 1.54) is 30.1 Å². The zero-order valence-corrected chi connectivity index (χ0v) is 15.7. The summed E-state index contributed by atoms with van der Waals surface area (Å²) in [4.78, 5) is 17.4. The lowest BCUT2D eigenvalue weighted by Crippen LogP contribution is -2.40. The molecule has 3 rings (SSSR count). The molecule has 0 fully saturated rings. The maximum atomic E-state index is 13.2. The van der Waals surface area contributed by atoms with E-state index in [0.29, 0.717) is 5.56 Å². The number of carbonyl (C=O) groups excluding carboxylic acids is 1. The molecule has 0 aliphatic carbocycles. The molecule has 2 aromatic carbocycles. The smallest absolute Gasteiger partial charge is 0.287 e. The van der Waals surface area contributed by atoms with E-state index >= 15 is 0 Å². The highest BCUT2D eigenvalue weighted by Gasteiger charge is 2.19. The molecule has 5 nitrogen and oxygen atoms in total. The van der Waals surface area contributed by atoms with Crippen molar-refractivity contribution < 1.29 is 14.3 Å². The summed E-state index contributed by atoms with van der Waals surface area (Å²) in [5.41, 5.74) is 2.24. The van der Waals surface area contributed by atoms with Crippen molar-refractivity contribution >= 4 is 29.4 Å². The van der Waals surface area contributed by atoms with Gasteiger partial charge in [0.05, 0.1) is 16.7 Å². The molecule has 1 atom stereocenters. The van der Waals surface area contributed by atoms with Crippen molar-refractivity contribution in [3.63, 3.8) is 0 Å². The van der Waals surface area contributed by atoms with Crippen molar-refractivity contribution in [3.8, 4) is 0 Å². The van der Waals surface area contributed by atoms with E-state index in [-0.39, 0.29) is 12.4 Å². The number of nitrogens with one attached hydrogen (secondary N) is 2. The Morgan fingerprint density at radius 2 is 2.08 bits per heavy atom. The predicted molar refractivity (Wildman–Crippen MR) is 103 cm³/mol. The molecule has 0 bridgehead atoms. The molecule has 1 unspecified atom stereocenters. The van der Waals surface area contributed by atoms with Gasteiger partial charge in [-0.3, -0.25) is 4.79 Å². The number of hydrogen-bond acceptors (Lipinski definition) is 5. The van der Waals surface area contributed by atoms with Crippen LogP contribution in [0.4, 0.5) is 10.1 Å². The Labute approximate surface area is 156 Å². The largest absolute Gasteiger partial charge is 0.387 e. The van der Waals surface area contributed by atoms with Gasteiger partial charge in [0.1, 0.15) is 5.82 Å². The van der Waals surface area contributed by atoms with Crippen molar-refractivity contribution in [2.75, 3.05) is 6.54 Å². The number of aliphatic hydroxyl groups is 1. The van der Waals surface area contributed by atoms with Gasteiger partial charge in [0.25, 0.3) is 5.91 Å². The Morgan fingerprint density at radius 1 is 1.31 bits per heavy atom. The van der Waals surface area contributed by atoms with Crippen LogP contribution >= 0.6 is 11.9 Å². The number of halogens is 1. The molecule has 0 spiro atoms. The monoisotopic (exact) mass is 375 g/mol. The molecule has 1 heterocycles. The topological polar surface area (TPSA) is 73.7 Å². The number of hydrogen-bond donors (Lipinski definition) is 3. The van der Waals surface area contributed by atoms with Gasteiger partial charge in [0.15, 0.2) is 0 Å². The van der Waals surface area contributed by atoms with Gasteiger partial charge in [-0.15, -0.1) is 0 Å². The van der Waals surface area contributed by atoms with Gasteiger partial charge in [-0.2, -0.15) is 0 Å². The number of aliphatic imine (C=N–C) groups is 1. The number of aliphatic hydroxyl groups excluding tert-OH is 1. The maximum absolute atomic E-state index is 13.2. The first-order chi connectivity index (χ1) is 12.5. The number of benzene rings is 2. The zero-order valence-electron chi connectivity index (χ0n) is 14.9. The van der Waals surface area contributed by atoms with Crippen LogP contribution in [0.5, 0.6) is 0 Å². The third-order valence-corrected chi connectivity index (χ3v) is 4.35. The quantitative estimate of drug-likeness (QED) is 0.713. The van der Waals surface area contributed by atoms with E-state index in [9.17, 15) is 14.3 Å². The highest BCUT2D eigenvalue weighted by Crippen LogP contribution is 2.31. The van der Waals surface area contributed by atoms with Crippen molar-refractivity contribution in [2.45, 2.75) is 31.8 Å². The third-order valence-electron chi connectivity index (χ3n) is 3.51. The van der Waals surface area contributed by atoms with Crippen LogP contribution in [0.2, 0.25) is 0 Å². The average molecular weight is 375 g/mol. The van der Waals surface area contributed by atoms with Gasteiger partial charge in [-0.25, -0.2) is 9.38 Å². The minimum Gasteiger partial charge on any atom is -0.387 e. The molecule has 3 N–H and O–H groups in total. The van der Waals surface area contributed by atoms with E-state index in [4.69, 9.17) is 0 Å². The summed E-state index contributed by atoms with van der Waals surface area (Å²) < 4.78 is 16.0. The lowest BCUT2D eigenvalue weighted by Gasteiger charge is -2.17. The molecule has 0 saturated carbocycles. The van der Waals surface area contributed by atoms with Crippen LogP contribution in [0.15, 0.2) is 52.4 Å². The van der Waals surface area contributed by atoms with Crippen molar-refractivity contribution in [2.24, 2.45) is 4.99 Å². The van der Waals surface area contributed by atoms with Gasteiger partial charge in [0, 0.05) is 6.54 Å². The van der Waals surface area contributed by atoms with Gasteiger partial charge in [-0.05, 0) is 54.3 Å². The molecule has 7 heteroatoms. The van der Waals surface area contributed by atoms with Crippen molar-refractivity contribution in [3.05, 3.63) is 59.4 Å². The van der Waals surface area contributed by atoms with E-state index in [2.05, 4.69) is 15.0 Å². The van der Waals surface area contributed by atoms with Crippen LogP contribution in [0, 0.1) is 12.7 Å². The maximum Gasteiger partial charge on any atom is 0.287 e. The SMILES string of the molecule is CC.Cc1ccc2c(c1)SNC(C(=O)NCC(O)c1cccc(F)c1)=N2. The number of amides is 1. The van der Waals surface area contributed by atoms with Crippen LogP contribution in [0.3, 0.4) is 0 Å². The second kappa shape index (κ2) is 9.35. The fourth-order valence-corrected chi connectivity index (χ4v) is 3.05. The first-order valence-electron chi connectivity index (χ1n) is 8.37. The Bertz CT molecular complexity index is 811. The number of carbonyl (C=O) groups is 1. The molecule has 1 aliphatic rings. The first-order valence-corrected chi connectivity index (χ1v) is 9.18. The van der Waals surface area contributed by atoms with Crippen LogP contribution in [-0.2, 0) is 4.79 Å². The summed E-state index contributed by atoms with van der Waals surface area (Å²) in [6.07, 6.45) is -0.989. The molecular formula is C19H22FN3O2S. The number of nitrogens with zero attached hydrogens (tertiary/aromatic N) is 1. The molecule has 1 aliphatic heterocycles. The fraction of sp³-hybridized carbons (Fsp3) is 0.263. The fourth-order valence-electron chi connectivity index (χ4n) is 2.24. The van der Waals surface area contributed by atoms with Crippen LogP contribution in [0.1, 0.15) is 31.1 Å². The number of fused-ring (bicyclic) bond motifs is 1. The van der Waals surface area contributed by atoms with Gasteiger partial charge in [-0.1, -0.05) is 32.0 Å². The Kier molecular flexibility index (Phi) is 7.17. The summed E-state index contributed by atoms with van der Waals surface area (Å²) >= 11 is 1.32. The third kappa shape index (κ3) is 5.06. The molecule has 1 amide bonds. The van der Waals surface area contributed by atoms with Gasteiger partial charge < -0.3 is 15.1 Å². The summed E-state index contributed by atoms with van der Waals surface area (Å²) in [5.74, 6) is -0.688. The molecule has 0 aromatic heterocycles. The highest BCUT2D eigenvalue weighted by molar-refractivity contribution is 7.98. The van der Waals surface area contributed by atoms with Gasteiger partial charge in [0.2, 0.25) is 5.84 Å². The van der Waals surface area contributed by atoms with Crippen LogP contribution < -0.4 is 10.0 Å². The predicted octanol–water partition coefficient (Wildman–Crippen LogP) is 3.65. The molecule has 0 radical (unpaired) electrons. The van der Waals surface area contributed by atoms with Crippen LogP contribution in [0.25, 0.3) is 0 Å². The number of rotatable bonds is 4. The van der Waals surface area contributed by atoms with Gasteiger partial charge >= 0.3 is 0 Å². The molecule has 138 valence electrons. The van der Waals surface area contributed by atoms with Crippen LogP contribution in [-0.4, -0.2) is 23.4 Å². The van der Waals surface area contributed by atoms with E-state index < -0.39 is 17.8 Å². The summed E-state index contributed by atoms with van der Waals surface area (Å²) in [6.45, 7) is 5.95.